The molecule has 31 heavy (non-hydrogen) atoms. The molecule has 7 nitrogen and oxygen atoms in total. The van der Waals surface area contributed by atoms with Gasteiger partial charge < -0.3 is 24.5 Å². The number of piperazine rings is 1. The van der Waals surface area contributed by atoms with Gasteiger partial charge >= 0.3 is 0 Å². The molecule has 8 heteroatoms. The van der Waals surface area contributed by atoms with E-state index in [-0.39, 0.29) is 29.9 Å². The van der Waals surface area contributed by atoms with E-state index in [2.05, 4.69) is 53.4 Å². The summed E-state index contributed by atoms with van der Waals surface area (Å²) < 4.78 is 5.24. The molecule has 2 N–H and O–H groups in total. The first-order valence-corrected chi connectivity index (χ1v) is 10.6. The third-order valence-corrected chi connectivity index (χ3v) is 5.59. The first kappa shape index (κ1) is 23.2. The van der Waals surface area contributed by atoms with Crippen LogP contribution in [-0.2, 0) is 6.42 Å². The van der Waals surface area contributed by atoms with Crippen molar-refractivity contribution < 1.29 is 9.21 Å². The number of carbonyl (C=O) groups excluding carboxylic acids is 1. The Morgan fingerprint density at radius 1 is 1.16 bits per heavy atom. The summed E-state index contributed by atoms with van der Waals surface area (Å²) in [7, 11) is 0. The van der Waals surface area contributed by atoms with E-state index in [0.717, 1.165) is 38.6 Å². The fraction of sp³-hybridized carbons (Fsp3) is 0.391. The van der Waals surface area contributed by atoms with Crippen LogP contribution in [0.5, 0.6) is 0 Å². The number of hydrogen-bond donors (Lipinski definition) is 2. The van der Waals surface area contributed by atoms with Gasteiger partial charge in [0.1, 0.15) is 0 Å². The average molecular weight is 535 g/mol. The normalized spacial score (nSPS) is 14.6. The Morgan fingerprint density at radius 3 is 2.65 bits per heavy atom. The monoisotopic (exact) mass is 535 g/mol. The number of furan rings is 1. The lowest BCUT2D eigenvalue weighted by atomic mass is 10.1. The molecule has 2 aromatic heterocycles. The number of aromatic nitrogens is 1. The van der Waals surface area contributed by atoms with Crippen LogP contribution in [0.4, 0.5) is 0 Å². The fourth-order valence-corrected chi connectivity index (χ4v) is 3.96. The molecule has 0 spiro atoms. The minimum Gasteiger partial charge on any atom is -0.459 e. The molecule has 0 aliphatic carbocycles. The fourth-order valence-electron chi connectivity index (χ4n) is 3.96. The summed E-state index contributed by atoms with van der Waals surface area (Å²) in [6.07, 6.45) is 4.52. The van der Waals surface area contributed by atoms with Crippen LogP contribution in [0.3, 0.4) is 0 Å². The van der Waals surface area contributed by atoms with Crippen LogP contribution in [-0.4, -0.2) is 65.9 Å². The summed E-state index contributed by atoms with van der Waals surface area (Å²) in [5.41, 5.74) is 3.76. The second kappa shape index (κ2) is 10.7. The van der Waals surface area contributed by atoms with Crippen LogP contribution >= 0.6 is 24.0 Å². The number of rotatable bonds is 5. The number of hydrogen-bond acceptors (Lipinski definition) is 3. The number of H-pyrrole nitrogens is 1. The van der Waals surface area contributed by atoms with Crippen molar-refractivity contribution in [3.63, 3.8) is 0 Å². The van der Waals surface area contributed by atoms with Crippen LogP contribution in [0, 0.1) is 6.92 Å². The van der Waals surface area contributed by atoms with Crippen LogP contribution in [0.1, 0.15) is 28.6 Å². The van der Waals surface area contributed by atoms with Gasteiger partial charge in [-0.2, -0.15) is 0 Å². The molecule has 0 saturated carbocycles. The number of fused-ring (bicyclic) bond motifs is 1. The van der Waals surface area contributed by atoms with Crippen LogP contribution in [0.15, 0.2) is 52.2 Å². The molecule has 0 atom stereocenters. The second-order valence-electron chi connectivity index (χ2n) is 7.55. The number of benzene rings is 1. The molecule has 166 valence electrons. The topological polar surface area (TPSA) is 76.9 Å². The van der Waals surface area contributed by atoms with E-state index in [9.17, 15) is 4.79 Å². The number of nitrogens with one attached hydrogen (secondary N) is 2. The zero-order chi connectivity index (χ0) is 20.9. The van der Waals surface area contributed by atoms with Gasteiger partial charge in [0.05, 0.1) is 6.26 Å². The van der Waals surface area contributed by atoms with Gasteiger partial charge in [-0.25, -0.2) is 0 Å². The smallest absolute Gasteiger partial charge is 0.289 e. The Bertz CT molecular complexity index is 1020. The molecule has 3 heterocycles. The highest BCUT2D eigenvalue weighted by Gasteiger charge is 2.25. The van der Waals surface area contributed by atoms with E-state index >= 15 is 0 Å². The maximum absolute atomic E-state index is 12.5. The van der Waals surface area contributed by atoms with E-state index < -0.39 is 0 Å². The van der Waals surface area contributed by atoms with Crippen LogP contribution in [0.2, 0.25) is 0 Å². The molecule has 1 aromatic carbocycles. The lowest BCUT2D eigenvalue weighted by Crippen LogP contribution is -2.53. The lowest BCUT2D eigenvalue weighted by Gasteiger charge is -2.36. The van der Waals surface area contributed by atoms with Crippen molar-refractivity contribution in [2.75, 3.05) is 39.3 Å². The molecule has 4 rings (SSSR count). The lowest BCUT2D eigenvalue weighted by molar-refractivity contribution is 0.0657. The predicted octanol–water partition coefficient (Wildman–Crippen LogP) is 3.65. The summed E-state index contributed by atoms with van der Waals surface area (Å²) in [6.45, 7) is 8.56. The van der Waals surface area contributed by atoms with Crippen LogP contribution < -0.4 is 5.32 Å². The van der Waals surface area contributed by atoms with E-state index in [1.807, 2.05) is 4.90 Å². The standard InChI is InChI=1S/C23H29N5O2.HI/c1-3-24-23(25-10-9-18-16-26-21-17(2)6-4-7-19(18)21)28-13-11-27(12-14-28)22(29)20-8-5-15-30-20;/h4-8,15-16,26H,3,9-14H2,1-2H3,(H,24,25);1H. The first-order chi connectivity index (χ1) is 14.7. The number of nitrogens with zero attached hydrogens (tertiary/aromatic N) is 3. The number of para-hydroxylation sites is 1. The SMILES string of the molecule is CCNC(=NCCc1c[nH]c2c(C)cccc12)N1CCN(C(=O)c2ccco2)CC1.I. The number of aromatic amines is 1. The average Bonchev–Trinajstić information content (AvgIpc) is 3.44. The minimum absolute atomic E-state index is 0. The number of aryl methyl sites for hydroxylation is 1. The summed E-state index contributed by atoms with van der Waals surface area (Å²) in [6, 6.07) is 9.85. The van der Waals surface area contributed by atoms with E-state index in [1.165, 1.54) is 28.3 Å². The molecule has 1 aliphatic heterocycles. The molecule has 0 bridgehead atoms. The molecule has 3 aromatic rings. The quantitative estimate of drug-likeness (QED) is 0.297. The second-order valence-corrected chi connectivity index (χ2v) is 7.55. The van der Waals surface area contributed by atoms with Crippen molar-refractivity contribution in [2.45, 2.75) is 20.3 Å². The van der Waals surface area contributed by atoms with Crippen molar-refractivity contribution in [1.82, 2.24) is 20.1 Å². The van der Waals surface area contributed by atoms with Gasteiger partial charge in [-0.15, -0.1) is 24.0 Å². The van der Waals surface area contributed by atoms with Crippen molar-refractivity contribution in [3.8, 4) is 0 Å². The Hall–Kier alpha value is -2.49. The van der Waals surface area contributed by atoms with Gasteiger partial charge in [0.2, 0.25) is 0 Å². The van der Waals surface area contributed by atoms with E-state index in [4.69, 9.17) is 9.41 Å². The molecule has 1 amide bonds. The molecule has 1 fully saturated rings. The van der Waals surface area contributed by atoms with Gasteiger partial charge in [-0.05, 0) is 43.5 Å². The van der Waals surface area contributed by atoms with Gasteiger partial charge in [-0.3, -0.25) is 9.79 Å². The summed E-state index contributed by atoms with van der Waals surface area (Å²) in [4.78, 5) is 24.8. The molecule has 1 aliphatic rings. The van der Waals surface area contributed by atoms with Crippen LogP contribution in [0.25, 0.3) is 10.9 Å². The zero-order valence-electron chi connectivity index (χ0n) is 18.1. The summed E-state index contributed by atoms with van der Waals surface area (Å²) >= 11 is 0. The molecular weight excluding hydrogens is 505 g/mol. The van der Waals surface area contributed by atoms with Gasteiger partial charge in [0.15, 0.2) is 11.7 Å². The van der Waals surface area contributed by atoms with E-state index in [1.54, 1.807) is 12.1 Å². The number of amides is 1. The number of aliphatic imine (C=N–C) groups is 1. The highest BCUT2D eigenvalue weighted by molar-refractivity contribution is 14.0. The van der Waals surface area contributed by atoms with Gasteiger partial charge in [0, 0.05) is 56.4 Å². The third-order valence-electron chi connectivity index (χ3n) is 5.59. The van der Waals surface area contributed by atoms with Gasteiger partial charge in [-0.1, -0.05) is 18.2 Å². The summed E-state index contributed by atoms with van der Waals surface area (Å²) in [5.74, 6) is 1.27. The van der Waals surface area contributed by atoms with Gasteiger partial charge in [0.25, 0.3) is 5.91 Å². The van der Waals surface area contributed by atoms with Crippen molar-refractivity contribution >= 4 is 46.7 Å². The largest absolute Gasteiger partial charge is 0.459 e. The maximum Gasteiger partial charge on any atom is 0.289 e. The molecule has 1 saturated heterocycles. The molecule has 0 unspecified atom stereocenters. The van der Waals surface area contributed by atoms with E-state index in [0.29, 0.717) is 18.8 Å². The number of carbonyl (C=O) groups is 1. The zero-order valence-corrected chi connectivity index (χ0v) is 20.4. The Kier molecular flexibility index (Phi) is 8.00. The van der Waals surface area contributed by atoms with Crippen molar-refractivity contribution in [1.29, 1.82) is 0 Å². The third kappa shape index (κ3) is 5.23. The molecular formula is C23H30IN5O2. The summed E-state index contributed by atoms with van der Waals surface area (Å²) in [5, 5.41) is 4.67. The van der Waals surface area contributed by atoms with Crippen molar-refractivity contribution in [2.24, 2.45) is 4.99 Å². The number of guanidine groups is 1. The predicted molar refractivity (Wildman–Crippen MR) is 134 cm³/mol. The molecule has 0 radical (unpaired) electrons. The highest BCUT2D eigenvalue weighted by atomic mass is 127. The van der Waals surface area contributed by atoms with Crippen molar-refractivity contribution in [3.05, 3.63) is 59.7 Å². The first-order valence-electron chi connectivity index (χ1n) is 10.6. The Morgan fingerprint density at radius 2 is 1.94 bits per heavy atom. The highest BCUT2D eigenvalue weighted by Crippen LogP contribution is 2.21. The Labute approximate surface area is 199 Å². The Balaban J connectivity index is 0.00000272. The minimum atomic E-state index is -0.0452. The number of halogens is 1. The maximum atomic E-state index is 12.5.